The molecule has 0 bridgehead atoms. The summed E-state index contributed by atoms with van der Waals surface area (Å²) in [6.45, 7) is 4.38. The molecule has 2 heteroatoms. The number of para-hydroxylation sites is 1. The van der Waals surface area contributed by atoms with E-state index in [0.29, 0.717) is 0 Å². The number of unbranched alkanes of at least 4 members (excludes halogenated alkanes) is 7. The summed E-state index contributed by atoms with van der Waals surface area (Å²) in [6, 6.07) is 8.11. The highest BCUT2D eigenvalue weighted by Crippen LogP contribution is 2.31. The van der Waals surface area contributed by atoms with Gasteiger partial charge in [0.25, 0.3) is 0 Å². The van der Waals surface area contributed by atoms with Crippen molar-refractivity contribution >= 4 is 0 Å². The molecule has 0 fully saturated rings. The van der Waals surface area contributed by atoms with E-state index in [9.17, 15) is 0 Å². The van der Waals surface area contributed by atoms with Gasteiger partial charge in [-0.1, -0.05) is 76.5 Å². The first-order chi connectivity index (χ1) is 10.1. The maximum Gasteiger partial charge on any atom is 0.123 e. The fourth-order valence-corrected chi connectivity index (χ4v) is 2.88. The first kappa shape index (κ1) is 18.0. The maximum absolute atomic E-state index is 6.51. The SMILES string of the molecule is CCCCCCCCCCC(C)(N)c1ccccc1OC. The van der Waals surface area contributed by atoms with Crippen molar-refractivity contribution in [1.82, 2.24) is 0 Å². The minimum Gasteiger partial charge on any atom is -0.496 e. The van der Waals surface area contributed by atoms with Gasteiger partial charge in [-0.15, -0.1) is 0 Å². The summed E-state index contributed by atoms with van der Waals surface area (Å²) in [5, 5.41) is 0. The summed E-state index contributed by atoms with van der Waals surface area (Å²) in [4.78, 5) is 0. The van der Waals surface area contributed by atoms with E-state index in [1.54, 1.807) is 7.11 Å². The van der Waals surface area contributed by atoms with Gasteiger partial charge >= 0.3 is 0 Å². The molecule has 0 radical (unpaired) electrons. The summed E-state index contributed by atoms with van der Waals surface area (Å²) >= 11 is 0. The zero-order valence-corrected chi connectivity index (χ0v) is 14.2. The first-order valence-corrected chi connectivity index (χ1v) is 8.54. The van der Waals surface area contributed by atoms with Crippen LogP contribution in [0.1, 0.15) is 77.2 Å². The van der Waals surface area contributed by atoms with Crippen LogP contribution in [0.2, 0.25) is 0 Å². The van der Waals surface area contributed by atoms with Crippen molar-refractivity contribution in [2.75, 3.05) is 7.11 Å². The fourth-order valence-electron chi connectivity index (χ4n) is 2.88. The molecule has 0 aliphatic heterocycles. The lowest BCUT2D eigenvalue weighted by molar-refractivity contribution is 0.370. The molecule has 1 rings (SSSR count). The lowest BCUT2D eigenvalue weighted by Gasteiger charge is -2.27. The highest BCUT2D eigenvalue weighted by atomic mass is 16.5. The van der Waals surface area contributed by atoms with E-state index >= 15 is 0 Å². The molecule has 2 nitrogen and oxygen atoms in total. The Morgan fingerprint density at radius 2 is 1.52 bits per heavy atom. The predicted molar refractivity (Wildman–Crippen MR) is 91.8 cm³/mol. The Labute approximate surface area is 131 Å². The normalized spacial score (nSPS) is 13.9. The Bertz CT molecular complexity index is 387. The number of nitrogens with two attached hydrogens (primary N) is 1. The van der Waals surface area contributed by atoms with E-state index < -0.39 is 0 Å². The van der Waals surface area contributed by atoms with E-state index in [-0.39, 0.29) is 5.54 Å². The van der Waals surface area contributed by atoms with Crippen LogP contribution in [0, 0.1) is 0 Å². The third-order valence-corrected chi connectivity index (χ3v) is 4.27. The third kappa shape index (κ3) is 6.52. The van der Waals surface area contributed by atoms with Crippen molar-refractivity contribution in [3.05, 3.63) is 29.8 Å². The standard InChI is InChI=1S/C19H33NO/c1-4-5-6-7-8-9-10-13-16-19(2,20)17-14-11-12-15-18(17)21-3/h11-12,14-15H,4-10,13,16,20H2,1-3H3. The van der Waals surface area contributed by atoms with Gasteiger partial charge in [0.1, 0.15) is 5.75 Å². The highest BCUT2D eigenvalue weighted by Gasteiger charge is 2.23. The molecule has 0 amide bonds. The summed E-state index contributed by atoms with van der Waals surface area (Å²) < 4.78 is 5.43. The van der Waals surface area contributed by atoms with Crippen molar-refractivity contribution < 1.29 is 4.74 Å². The monoisotopic (exact) mass is 291 g/mol. The zero-order chi connectivity index (χ0) is 15.6. The maximum atomic E-state index is 6.51. The van der Waals surface area contributed by atoms with Crippen LogP contribution < -0.4 is 10.5 Å². The van der Waals surface area contributed by atoms with Gasteiger partial charge in [0.15, 0.2) is 0 Å². The van der Waals surface area contributed by atoms with Gasteiger partial charge in [0.05, 0.1) is 7.11 Å². The van der Waals surface area contributed by atoms with Gasteiger partial charge in [0.2, 0.25) is 0 Å². The largest absolute Gasteiger partial charge is 0.496 e. The molecule has 1 atom stereocenters. The van der Waals surface area contributed by atoms with E-state index in [1.165, 1.54) is 51.4 Å². The summed E-state index contributed by atoms with van der Waals surface area (Å²) in [7, 11) is 1.71. The van der Waals surface area contributed by atoms with Crippen molar-refractivity contribution in [2.24, 2.45) is 5.73 Å². The van der Waals surface area contributed by atoms with E-state index in [4.69, 9.17) is 10.5 Å². The number of ether oxygens (including phenoxy) is 1. The Morgan fingerprint density at radius 1 is 0.952 bits per heavy atom. The van der Waals surface area contributed by atoms with Crippen LogP contribution in [0.3, 0.4) is 0 Å². The molecule has 0 heterocycles. The first-order valence-electron chi connectivity index (χ1n) is 8.54. The average molecular weight is 291 g/mol. The van der Waals surface area contributed by atoms with Gasteiger partial charge in [-0.25, -0.2) is 0 Å². The van der Waals surface area contributed by atoms with Gasteiger partial charge in [-0.3, -0.25) is 0 Å². The smallest absolute Gasteiger partial charge is 0.123 e. The van der Waals surface area contributed by atoms with Crippen LogP contribution in [0.25, 0.3) is 0 Å². The highest BCUT2D eigenvalue weighted by molar-refractivity contribution is 5.38. The molecule has 1 aromatic carbocycles. The topological polar surface area (TPSA) is 35.2 Å². The Balaban J connectivity index is 2.30. The predicted octanol–water partition coefficient (Wildman–Crippen LogP) is 5.40. The molecule has 0 aliphatic rings. The second kappa shape index (κ2) is 9.83. The molecule has 1 unspecified atom stereocenters. The Morgan fingerprint density at radius 3 is 2.14 bits per heavy atom. The second-order valence-corrected chi connectivity index (χ2v) is 6.34. The van der Waals surface area contributed by atoms with Gasteiger partial charge in [-0.05, 0) is 19.4 Å². The Kier molecular flexibility index (Phi) is 8.44. The molecule has 2 N–H and O–H groups in total. The van der Waals surface area contributed by atoms with Crippen LogP contribution in [-0.4, -0.2) is 7.11 Å². The number of methoxy groups -OCH3 is 1. The van der Waals surface area contributed by atoms with Gasteiger partial charge in [-0.2, -0.15) is 0 Å². The lowest BCUT2D eigenvalue weighted by atomic mass is 9.87. The van der Waals surface area contributed by atoms with Crippen LogP contribution in [0.5, 0.6) is 5.75 Å². The van der Waals surface area contributed by atoms with Gasteiger partial charge < -0.3 is 10.5 Å². The minimum atomic E-state index is -0.297. The lowest BCUT2D eigenvalue weighted by Crippen LogP contribution is -2.33. The van der Waals surface area contributed by atoms with Crippen molar-refractivity contribution in [2.45, 2.75) is 77.2 Å². The van der Waals surface area contributed by atoms with Crippen LogP contribution in [-0.2, 0) is 5.54 Å². The van der Waals surface area contributed by atoms with E-state index in [0.717, 1.165) is 17.7 Å². The molecule has 0 aromatic heterocycles. The average Bonchev–Trinajstić information content (AvgIpc) is 2.50. The molecular formula is C19H33NO. The fraction of sp³-hybridized carbons (Fsp3) is 0.684. The molecule has 0 aliphatic carbocycles. The van der Waals surface area contributed by atoms with Crippen molar-refractivity contribution in [3.63, 3.8) is 0 Å². The quantitative estimate of drug-likeness (QED) is 0.554. The number of benzene rings is 1. The minimum absolute atomic E-state index is 0.297. The summed E-state index contributed by atoms with van der Waals surface area (Å²) in [6.07, 6.45) is 11.7. The number of hydrogen-bond acceptors (Lipinski definition) is 2. The van der Waals surface area contributed by atoms with E-state index in [2.05, 4.69) is 19.9 Å². The molecule has 21 heavy (non-hydrogen) atoms. The third-order valence-electron chi connectivity index (χ3n) is 4.27. The number of rotatable bonds is 11. The zero-order valence-electron chi connectivity index (χ0n) is 14.2. The molecular weight excluding hydrogens is 258 g/mol. The molecule has 1 aromatic rings. The van der Waals surface area contributed by atoms with Crippen LogP contribution >= 0.6 is 0 Å². The number of hydrogen-bond donors (Lipinski definition) is 1. The Hall–Kier alpha value is -1.02. The van der Waals surface area contributed by atoms with Crippen LogP contribution in [0.4, 0.5) is 0 Å². The second-order valence-electron chi connectivity index (χ2n) is 6.34. The summed E-state index contributed by atoms with van der Waals surface area (Å²) in [5.74, 6) is 0.905. The molecule has 0 saturated heterocycles. The van der Waals surface area contributed by atoms with Gasteiger partial charge in [0, 0.05) is 11.1 Å². The molecule has 120 valence electrons. The molecule has 0 spiro atoms. The van der Waals surface area contributed by atoms with Crippen molar-refractivity contribution in [3.8, 4) is 5.75 Å². The molecule has 0 saturated carbocycles. The van der Waals surface area contributed by atoms with Crippen molar-refractivity contribution in [1.29, 1.82) is 0 Å². The van der Waals surface area contributed by atoms with Crippen LogP contribution in [0.15, 0.2) is 24.3 Å². The summed E-state index contributed by atoms with van der Waals surface area (Å²) in [5.41, 5.74) is 7.34. The van der Waals surface area contributed by atoms with E-state index in [1.807, 2.05) is 18.2 Å².